The van der Waals surface area contributed by atoms with Gasteiger partial charge in [0.15, 0.2) is 5.08 Å². The van der Waals surface area contributed by atoms with Crippen LogP contribution >= 0.6 is 12.0 Å². The number of hydrogen-bond acceptors (Lipinski definition) is 7. The number of allylic oxidation sites excluding steroid dienone is 2. The van der Waals surface area contributed by atoms with Gasteiger partial charge in [-0.2, -0.15) is 8.42 Å². The van der Waals surface area contributed by atoms with Gasteiger partial charge in [-0.1, -0.05) is 29.3 Å². The molecule has 0 saturated heterocycles. The van der Waals surface area contributed by atoms with E-state index in [-0.39, 0.29) is 0 Å². The molecule has 0 N–H and O–H groups in total. The van der Waals surface area contributed by atoms with Crippen LogP contribution in [0.2, 0.25) is 0 Å². The zero-order valence-corrected chi connectivity index (χ0v) is 17.5. The van der Waals surface area contributed by atoms with Crippen LogP contribution in [0, 0.1) is 17.3 Å². The summed E-state index contributed by atoms with van der Waals surface area (Å²) in [5.41, 5.74) is 1.82. The fourth-order valence-corrected chi connectivity index (χ4v) is 6.57. The lowest BCUT2D eigenvalue weighted by Gasteiger charge is -2.42. The summed E-state index contributed by atoms with van der Waals surface area (Å²) in [6.07, 6.45) is 12.7. The summed E-state index contributed by atoms with van der Waals surface area (Å²) < 4.78 is 33.4. The summed E-state index contributed by atoms with van der Waals surface area (Å²) >= 11 is 0.579. The van der Waals surface area contributed by atoms with E-state index >= 15 is 0 Å². The van der Waals surface area contributed by atoms with E-state index < -0.39 is 15.2 Å². The molecule has 3 aliphatic carbocycles. The third-order valence-corrected chi connectivity index (χ3v) is 8.66. The fourth-order valence-electron chi connectivity index (χ4n) is 5.25. The van der Waals surface area contributed by atoms with Gasteiger partial charge >= 0.3 is 10.1 Å². The molecule has 1 aromatic rings. The minimum atomic E-state index is -3.78. The van der Waals surface area contributed by atoms with Crippen molar-refractivity contribution in [3.05, 3.63) is 42.0 Å². The second kappa shape index (κ2) is 8.36. The quantitative estimate of drug-likeness (QED) is 0.148. The fraction of sp³-hybridized carbons (Fsp3) is 0.600. The Morgan fingerprint density at radius 3 is 2.50 bits per heavy atom. The summed E-state index contributed by atoms with van der Waals surface area (Å²) in [5.74, 6) is 2.48. The molecule has 4 rings (SSSR count). The first-order valence-electron chi connectivity index (χ1n) is 9.69. The van der Waals surface area contributed by atoms with Crippen LogP contribution in [0.4, 0.5) is 0 Å². The maximum Gasteiger partial charge on any atom is 0.321 e. The van der Waals surface area contributed by atoms with Crippen molar-refractivity contribution in [2.45, 2.75) is 44.4 Å². The Morgan fingerprint density at radius 1 is 1.14 bits per heavy atom. The van der Waals surface area contributed by atoms with Gasteiger partial charge in [0.05, 0.1) is 19.2 Å². The Hall–Kier alpha value is -1.06. The predicted octanol–water partition coefficient (Wildman–Crippen LogP) is 4.75. The highest BCUT2D eigenvalue weighted by Crippen LogP contribution is 2.60. The van der Waals surface area contributed by atoms with E-state index in [1.54, 1.807) is 12.1 Å². The molecule has 0 heterocycles. The van der Waals surface area contributed by atoms with E-state index in [0.717, 1.165) is 11.8 Å². The lowest BCUT2D eigenvalue weighted by Crippen LogP contribution is -2.30. The van der Waals surface area contributed by atoms with E-state index in [9.17, 15) is 8.42 Å². The molecule has 1 spiro atoms. The predicted molar refractivity (Wildman–Crippen MR) is 107 cm³/mol. The topological polar surface area (TPSA) is 71.1 Å². The van der Waals surface area contributed by atoms with Crippen LogP contribution in [-0.4, -0.2) is 20.6 Å². The lowest BCUT2D eigenvalue weighted by atomic mass is 9.63. The molecular weight excluding hydrogens is 400 g/mol. The highest BCUT2D eigenvalue weighted by molar-refractivity contribution is 8.08. The molecule has 0 radical (unpaired) electrons. The first kappa shape index (κ1) is 20.2. The maximum absolute atomic E-state index is 11.9. The zero-order valence-electron chi connectivity index (χ0n) is 15.9. The van der Waals surface area contributed by atoms with Gasteiger partial charge in [-0.05, 0) is 79.4 Å². The molecule has 2 bridgehead atoms. The summed E-state index contributed by atoms with van der Waals surface area (Å²) in [4.78, 5) is 4.21. The van der Waals surface area contributed by atoms with Crippen molar-refractivity contribution in [3.63, 3.8) is 0 Å². The van der Waals surface area contributed by atoms with Gasteiger partial charge in [0.1, 0.15) is 5.75 Å². The molecule has 2 atom stereocenters. The van der Waals surface area contributed by atoms with Crippen molar-refractivity contribution < 1.29 is 26.9 Å². The Kier molecular flexibility index (Phi) is 6.04. The van der Waals surface area contributed by atoms with Gasteiger partial charge in [0.2, 0.25) is 0 Å². The van der Waals surface area contributed by atoms with Crippen molar-refractivity contribution in [2.24, 2.45) is 17.3 Å². The van der Waals surface area contributed by atoms with Crippen LogP contribution in [-0.2, 0) is 24.4 Å². The number of fused-ring (bicyclic) bond motifs is 3. The summed E-state index contributed by atoms with van der Waals surface area (Å²) in [6, 6.07) is 7.45. The monoisotopic (exact) mass is 426 g/mol. The largest absolute Gasteiger partial charge is 0.382 e. The van der Waals surface area contributed by atoms with Gasteiger partial charge in [0, 0.05) is 0 Å². The van der Waals surface area contributed by atoms with Gasteiger partial charge in [-0.3, -0.25) is 0 Å². The Labute approximate surface area is 170 Å². The van der Waals surface area contributed by atoms with Crippen LogP contribution in [0.3, 0.4) is 0 Å². The van der Waals surface area contributed by atoms with Crippen molar-refractivity contribution >= 4 is 22.2 Å². The second-order valence-corrected chi connectivity index (χ2v) is 10.7. The molecule has 3 aliphatic rings. The third-order valence-electron chi connectivity index (χ3n) is 6.52. The molecular formula is C20H26O6S2. The lowest BCUT2D eigenvalue weighted by molar-refractivity contribution is -0.447. The molecule has 1 aromatic carbocycles. The normalized spacial score (nSPS) is 31.5. The Balaban J connectivity index is 1.30. The molecule has 8 heteroatoms. The van der Waals surface area contributed by atoms with Crippen molar-refractivity contribution in [2.75, 3.05) is 12.2 Å². The highest BCUT2D eigenvalue weighted by Gasteiger charge is 2.49. The molecule has 6 nitrogen and oxygen atoms in total. The van der Waals surface area contributed by atoms with Crippen LogP contribution in [0.5, 0.6) is 5.75 Å². The van der Waals surface area contributed by atoms with E-state index in [1.165, 1.54) is 51.2 Å². The third kappa shape index (κ3) is 4.41. The van der Waals surface area contributed by atoms with E-state index in [4.69, 9.17) is 4.18 Å². The minimum absolute atomic E-state index is 0.308. The van der Waals surface area contributed by atoms with E-state index in [0.29, 0.717) is 29.1 Å². The number of rotatable bonds is 8. The Morgan fingerprint density at radius 2 is 1.89 bits per heavy atom. The average Bonchev–Trinajstić information content (AvgIpc) is 3.28. The average molecular weight is 427 g/mol. The van der Waals surface area contributed by atoms with E-state index in [2.05, 4.69) is 26.4 Å². The molecule has 28 heavy (non-hydrogen) atoms. The summed E-state index contributed by atoms with van der Waals surface area (Å²) in [7, 11) is -2.52. The van der Waals surface area contributed by atoms with E-state index in [1.807, 2.05) is 12.1 Å². The molecule has 2 fully saturated rings. The van der Waals surface area contributed by atoms with Crippen LogP contribution in [0.15, 0.2) is 36.4 Å². The first-order valence-corrected chi connectivity index (χ1v) is 12.2. The minimum Gasteiger partial charge on any atom is -0.382 e. The van der Waals surface area contributed by atoms with Gasteiger partial charge in [0.25, 0.3) is 0 Å². The molecule has 154 valence electrons. The molecule has 2 unspecified atom stereocenters. The van der Waals surface area contributed by atoms with Crippen molar-refractivity contribution in [1.82, 2.24) is 0 Å². The first-order chi connectivity index (χ1) is 13.5. The molecule has 0 amide bonds. The zero-order chi connectivity index (χ0) is 19.6. The summed E-state index contributed by atoms with van der Waals surface area (Å²) in [6.45, 7) is 0. The standard InChI is InChI=1S/C20H26O6S2/c1-23-25-26-27-14-28(21,22)24-19-6-3-16(4-7-19)17-8-10-20(11-9-17)13-15-2-5-18(20)12-15/h2-7,15,17-18H,8-14H2,1H3. The second-order valence-electron chi connectivity index (χ2n) is 8.08. The van der Waals surface area contributed by atoms with Gasteiger partial charge in [-0.25, -0.2) is 4.89 Å². The van der Waals surface area contributed by atoms with Crippen LogP contribution in [0.1, 0.15) is 50.0 Å². The van der Waals surface area contributed by atoms with Crippen LogP contribution in [0.25, 0.3) is 0 Å². The molecule has 2 saturated carbocycles. The number of benzene rings is 1. The van der Waals surface area contributed by atoms with Gasteiger partial charge < -0.3 is 4.18 Å². The Bertz CT molecular complexity index is 796. The molecule has 0 aliphatic heterocycles. The van der Waals surface area contributed by atoms with Gasteiger partial charge in [-0.15, -0.1) is 4.33 Å². The van der Waals surface area contributed by atoms with Crippen molar-refractivity contribution in [1.29, 1.82) is 0 Å². The smallest absolute Gasteiger partial charge is 0.321 e. The van der Waals surface area contributed by atoms with Crippen LogP contribution < -0.4 is 4.18 Å². The molecule has 0 aromatic heterocycles. The van der Waals surface area contributed by atoms with Crippen molar-refractivity contribution in [3.8, 4) is 5.75 Å². The SMILES string of the molecule is COOOSCS(=O)(=O)Oc1ccc(C2CCC3(CC2)CC2C=CC3C2)cc1. The highest BCUT2D eigenvalue weighted by atomic mass is 32.3. The maximum atomic E-state index is 11.9. The summed E-state index contributed by atoms with van der Waals surface area (Å²) in [5, 5.41) is 3.75. The number of hydrogen-bond donors (Lipinski definition) is 0.